The maximum absolute atomic E-state index is 10.2. The Hall–Kier alpha value is -2.74. The lowest BCUT2D eigenvalue weighted by Crippen LogP contribution is -2.01. The smallest absolute Gasteiger partial charge is 0.119 e. The highest BCUT2D eigenvalue weighted by molar-refractivity contribution is 5.47. The largest absolute Gasteiger partial charge is 0.508 e. The van der Waals surface area contributed by atoms with Crippen molar-refractivity contribution >= 4 is 0 Å². The van der Waals surface area contributed by atoms with E-state index in [-0.39, 0.29) is 0 Å². The Kier molecular flexibility index (Phi) is 5.03. The second-order valence-electron chi connectivity index (χ2n) is 7.33. The SMILES string of the molecule is Cc1ccc(O)c(Cc2cc(C)cc(Cc3cc(C)ccc3O)c2C)c1. The zero-order valence-electron chi connectivity index (χ0n) is 15.9. The molecule has 0 radical (unpaired) electrons. The number of aromatic hydroxyl groups is 2. The fourth-order valence-corrected chi connectivity index (χ4v) is 3.50. The molecule has 0 unspecified atom stereocenters. The third kappa shape index (κ3) is 3.91. The van der Waals surface area contributed by atoms with Crippen molar-refractivity contribution in [3.8, 4) is 11.5 Å². The molecule has 134 valence electrons. The fraction of sp³-hybridized carbons (Fsp3) is 0.250. The lowest BCUT2D eigenvalue weighted by molar-refractivity contribution is 0.469. The van der Waals surface area contributed by atoms with Crippen molar-refractivity contribution < 1.29 is 10.2 Å². The van der Waals surface area contributed by atoms with Crippen molar-refractivity contribution in [2.75, 3.05) is 0 Å². The monoisotopic (exact) mass is 346 g/mol. The van der Waals surface area contributed by atoms with Crippen LogP contribution in [0.4, 0.5) is 0 Å². The summed E-state index contributed by atoms with van der Waals surface area (Å²) in [5, 5.41) is 20.4. The molecule has 3 rings (SSSR count). The molecule has 0 aliphatic carbocycles. The number of hydrogen-bond donors (Lipinski definition) is 2. The van der Waals surface area contributed by atoms with E-state index >= 15 is 0 Å². The summed E-state index contributed by atoms with van der Waals surface area (Å²) in [5.74, 6) is 0.684. The summed E-state index contributed by atoms with van der Waals surface area (Å²) in [7, 11) is 0. The Morgan fingerprint density at radius 2 is 0.923 bits per heavy atom. The minimum absolute atomic E-state index is 0.342. The van der Waals surface area contributed by atoms with Gasteiger partial charge in [0.15, 0.2) is 0 Å². The molecule has 3 aromatic carbocycles. The van der Waals surface area contributed by atoms with Crippen molar-refractivity contribution in [2.24, 2.45) is 0 Å². The highest BCUT2D eigenvalue weighted by Crippen LogP contribution is 2.28. The summed E-state index contributed by atoms with van der Waals surface area (Å²) >= 11 is 0. The Morgan fingerprint density at radius 3 is 1.35 bits per heavy atom. The molecule has 0 saturated carbocycles. The molecular weight excluding hydrogens is 320 g/mol. The molecule has 26 heavy (non-hydrogen) atoms. The van der Waals surface area contributed by atoms with E-state index in [0.29, 0.717) is 24.3 Å². The average Bonchev–Trinajstić information content (AvgIpc) is 2.58. The third-order valence-electron chi connectivity index (χ3n) is 5.00. The van der Waals surface area contributed by atoms with Crippen molar-refractivity contribution in [3.63, 3.8) is 0 Å². The van der Waals surface area contributed by atoms with Gasteiger partial charge in [-0.15, -0.1) is 0 Å². The van der Waals surface area contributed by atoms with Gasteiger partial charge in [-0.25, -0.2) is 0 Å². The minimum atomic E-state index is 0.342. The van der Waals surface area contributed by atoms with Gasteiger partial charge in [0.05, 0.1) is 0 Å². The van der Waals surface area contributed by atoms with Gasteiger partial charge >= 0.3 is 0 Å². The van der Waals surface area contributed by atoms with Crippen LogP contribution < -0.4 is 0 Å². The normalized spacial score (nSPS) is 10.9. The quantitative estimate of drug-likeness (QED) is 0.653. The zero-order valence-corrected chi connectivity index (χ0v) is 15.9. The maximum atomic E-state index is 10.2. The van der Waals surface area contributed by atoms with Crippen molar-refractivity contribution in [2.45, 2.75) is 40.5 Å². The molecule has 0 aliphatic heterocycles. The summed E-state index contributed by atoms with van der Waals surface area (Å²) in [4.78, 5) is 0. The van der Waals surface area contributed by atoms with Crippen LogP contribution in [0.25, 0.3) is 0 Å². The number of phenolic OH excluding ortho intramolecular Hbond substituents is 2. The molecule has 2 nitrogen and oxygen atoms in total. The molecule has 0 bridgehead atoms. The Morgan fingerprint density at radius 1 is 0.538 bits per heavy atom. The molecular formula is C24H26O2. The molecule has 0 aromatic heterocycles. The highest BCUT2D eigenvalue weighted by Gasteiger charge is 2.12. The van der Waals surface area contributed by atoms with Gasteiger partial charge in [-0.2, -0.15) is 0 Å². The lowest BCUT2D eigenvalue weighted by Gasteiger charge is -2.15. The van der Waals surface area contributed by atoms with Gasteiger partial charge in [-0.3, -0.25) is 0 Å². The van der Waals surface area contributed by atoms with Crippen molar-refractivity contribution in [3.05, 3.63) is 93.0 Å². The Balaban J connectivity index is 1.98. The predicted molar refractivity (Wildman–Crippen MR) is 107 cm³/mol. The summed E-state index contributed by atoms with van der Waals surface area (Å²) in [6.07, 6.45) is 1.40. The predicted octanol–water partition coefficient (Wildman–Crippen LogP) is 5.51. The fourth-order valence-electron chi connectivity index (χ4n) is 3.50. The zero-order chi connectivity index (χ0) is 18.8. The van der Waals surface area contributed by atoms with Crippen LogP contribution in [-0.2, 0) is 12.8 Å². The van der Waals surface area contributed by atoms with Gasteiger partial charge < -0.3 is 10.2 Å². The Labute approximate surface area is 155 Å². The van der Waals surface area contributed by atoms with Crippen molar-refractivity contribution in [1.82, 2.24) is 0 Å². The van der Waals surface area contributed by atoms with E-state index in [4.69, 9.17) is 0 Å². The average molecular weight is 346 g/mol. The van der Waals surface area contributed by atoms with E-state index in [2.05, 4.69) is 26.0 Å². The van der Waals surface area contributed by atoms with Crippen molar-refractivity contribution in [1.29, 1.82) is 0 Å². The van der Waals surface area contributed by atoms with Crippen LogP contribution >= 0.6 is 0 Å². The van der Waals surface area contributed by atoms with E-state index in [0.717, 1.165) is 22.3 Å². The van der Waals surface area contributed by atoms with Crippen LogP contribution in [0.15, 0.2) is 48.5 Å². The van der Waals surface area contributed by atoms with E-state index in [1.807, 2.05) is 38.1 Å². The number of hydrogen-bond acceptors (Lipinski definition) is 2. The first-order valence-corrected chi connectivity index (χ1v) is 8.99. The van der Waals surface area contributed by atoms with Crippen LogP contribution in [-0.4, -0.2) is 10.2 Å². The minimum Gasteiger partial charge on any atom is -0.508 e. The van der Waals surface area contributed by atoms with Crippen LogP contribution in [0.2, 0.25) is 0 Å². The second-order valence-corrected chi connectivity index (χ2v) is 7.33. The summed E-state index contributed by atoms with van der Waals surface area (Å²) < 4.78 is 0. The van der Waals surface area contributed by atoms with Gasteiger partial charge in [-0.1, -0.05) is 53.1 Å². The Bertz CT molecular complexity index is 880. The first-order chi connectivity index (χ1) is 12.3. The first kappa shape index (κ1) is 18.1. The summed E-state index contributed by atoms with van der Waals surface area (Å²) in [6.45, 7) is 8.30. The highest BCUT2D eigenvalue weighted by atomic mass is 16.3. The standard InChI is InChI=1S/C24H26O2/c1-15-5-7-23(25)21(9-15)13-19-11-17(3)12-20(18(19)4)14-22-10-16(2)6-8-24(22)26/h5-12,25-26H,13-14H2,1-4H3. The molecule has 2 N–H and O–H groups in total. The topological polar surface area (TPSA) is 40.5 Å². The lowest BCUT2D eigenvalue weighted by atomic mass is 9.90. The number of benzene rings is 3. The van der Waals surface area contributed by atoms with Crippen LogP contribution in [0.1, 0.15) is 44.5 Å². The number of rotatable bonds is 4. The maximum Gasteiger partial charge on any atom is 0.119 e. The van der Waals surface area contributed by atoms with E-state index in [9.17, 15) is 10.2 Å². The first-order valence-electron chi connectivity index (χ1n) is 8.99. The molecule has 3 aromatic rings. The van der Waals surface area contributed by atoms with E-state index < -0.39 is 0 Å². The van der Waals surface area contributed by atoms with Crippen LogP contribution in [0.3, 0.4) is 0 Å². The molecule has 0 amide bonds. The van der Waals surface area contributed by atoms with Gasteiger partial charge in [0.25, 0.3) is 0 Å². The molecule has 0 heterocycles. The van der Waals surface area contributed by atoms with E-state index in [1.54, 1.807) is 12.1 Å². The number of aryl methyl sites for hydroxylation is 3. The second kappa shape index (κ2) is 7.25. The molecule has 0 saturated heterocycles. The molecule has 0 fully saturated rings. The van der Waals surface area contributed by atoms with Crippen LogP contribution in [0, 0.1) is 27.7 Å². The van der Waals surface area contributed by atoms with Gasteiger partial charge in [0, 0.05) is 12.8 Å². The molecule has 2 heteroatoms. The van der Waals surface area contributed by atoms with Gasteiger partial charge in [0.1, 0.15) is 11.5 Å². The summed E-state index contributed by atoms with van der Waals surface area (Å²) in [6, 6.07) is 15.9. The van der Waals surface area contributed by atoms with E-state index in [1.165, 1.54) is 22.3 Å². The number of phenols is 2. The van der Waals surface area contributed by atoms with Gasteiger partial charge in [-0.05, 0) is 67.6 Å². The summed E-state index contributed by atoms with van der Waals surface area (Å²) in [5.41, 5.74) is 9.03. The van der Waals surface area contributed by atoms with Crippen LogP contribution in [0.5, 0.6) is 11.5 Å². The molecule has 0 atom stereocenters. The third-order valence-corrected chi connectivity index (χ3v) is 5.00. The van der Waals surface area contributed by atoms with Gasteiger partial charge in [0.2, 0.25) is 0 Å². The molecule has 0 aliphatic rings. The molecule has 0 spiro atoms.